The van der Waals surface area contributed by atoms with E-state index in [0.717, 1.165) is 11.9 Å². The van der Waals surface area contributed by atoms with E-state index in [1.54, 1.807) is 6.20 Å². The molecule has 11 heavy (non-hydrogen) atoms. The van der Waals surface area contributed by atoms with E-state index >= 15 is 0 Å². The lowest BCUT2D eigenvalue weighted by Gasteiger charge is -1.97. The average molecular weight is 218 g/mol. The van der Waals surface area contributed by atoms with Crippen LogP contribution in [0.5, 0.6) is 0 Å². The van der Waals surface area contributed by atoms with Crippen LogP contribution in [0.4, 0.5) is 0 Å². The Labute approximate surface area is 74.9 Å². The van der Waals surface area contributed by atoms with Gasteiger partial charge in [0.15, 0.2) is 0 Å². The van der Waals surface area contributed by atoms with Crippen LogP contribution in [0.1, 0.15) is 19.3 Å². The Morgan fingerprint density at radius 3 is 2.82 bits per heavy atom. The molecule has 0 aliphatic carbocycles. The van der Waals surface area contributed by atoms with E-state index in [0.29, 0.717) is 0 Å². The third-order valence-electron chi connectivity index (χ3n) is 1.49. The molecule has 1 heterocycles. The van der Waals surface area contributed by atoms with Gasteiger partial charge in [-0.15, -0.1) is 5.10 Å². The largest absolute Gasteiger partial charge is 0.253 e. The molecule has 0 saturated carbocycles. The van der Waals surface area contributed by atoms with Crippen molar-refractivity contribution in [2.24, 2.45) is 0 Å². The number of alkyl halides is 1. The molecule has 0 bridgehead atoms. The first-order valence-electron chi connectivity index (χ1n) is 3.83. The van der Waals surface area contributed by atoms with E-state index < -0.39 is 0 Å². The minimum Gasteiger partial charge on any atom is -0.253 e. The first-order chi connectivity index (χ1) is 5.43. The lowest BCUT2D eigenvalue weighted by molar-refractivity contribution is 0.539. The van der Waals surface area contributed by atoms with Crippen LogP contribution in [0, 0.1) is 0 Å². The molecule has 0 fully saturated rings. The van der Waals surface area contributed by atoms with Gasteiger partial charge in [-0.05, 0) is 12.8 Å². The van der Waals surface area contributed by atoms with Crippen LogP contribution in [-0.2, 0) is 6.54 Å². The molecule has 0 unspecified atom stereocenters. The number of aromatic nitrogens is 3. The zero-order valence-electron chi connectivity index (χ0n) is 6.41. The van der Waals surface area contributed by atoms with Crippen molar-refractivity contribution in [3.05, 3.63) is 12.4 Å². The maximum Gasteiger partial charge on any atom is 0.0692 e. The van der Waals surface area contributed by atoms with Crippen LogP contribution in [0.15, 0.2) is 12.4 Å². The van der Waals surface area contributed by atoms with Crippen molar-refractivity contribution >= 4 is 15.9 Å². The lowest BCUT2D eigenvalue weighted by Crippen LogP contribution is -1.98. The van der Waals surface area contributed by atoms with Crippen molar-refractivity contribution in [1.82, 2.24) is 15.0 Å². The van der Waals surface area contributed by atoms with E-state index in [4.69, 9.17) is 0 Å². The van der Waals surface area contributed by atoms with Gasteiger partial charge >= 0.3 is 0 Å². The molecule has 0 radical (unpaired) electrons. The Kier molecular flexibility index (Phi) is 4.19. The third kappa shape index (κ3) is 3.51. The normalized spacial score (nSPS) is 10.3. The minimum absolute atomic E-state index is 0.993. The van der Waals surface area contributed by atoms with E-state index in [-0.39, 0.29) is 0 Å². The van der Waals surface area contributed by atoms with Crippen molar-refractivity contribution in [2.75, 3.05) is 5.33 Å². The highest BCUT2D eigenvalue weighted by molar-refractivity contribution is 9.09. The molecule has 62 valence electrons. The molecule has 0 atom stereocenters. The Morgan fingerprint density at radius 2 is 2.18 bits per heavy atom. The smallest absolute Gasteiger partial charge is 0.0692 e. The molecule has 0 aromatic carbocycles. The highest BCUT2D eigenvalue weighted by atomic mass is 79.9. The number of hydrogen-bond donors (Lipinski definition) is 0. The van der Waals surface area contributed by atoms with Gasteiger partial charge in [0.05, 0.1) is 6.20 Å². The number of nitrogens with zero attached hydrogens (tertiary/aromatic N) is 3. The van der Waals surface area contributed by atoms with Crippen LogP contribution < -0.4 is 0 Å². The first-order valence-corrected chi connectivity index (χ1v) is 4.95. The maximum atomic E-state index is 3.87. The van der Waals surface area contributed by atoms with E-state index in [2.05, 4.69) is 26.2 Å². The van der Waals surface area contributed by atoms with Gasteiger partial charge in [0.25, 0.3) is 0 Å². The zero-order chi connectivity index (χ0) is 7.94. The van der Waals surface area contributed by atoms with Gasteiger partial charge in [-0.1, -0.05) is 27.6 Å². The average Bonchev–Trinajstić information content (AvgIpc) is 2.50. The van der Waals surface area contributed by atoms with Crippen molar-refractivity contribution in [2.45, 2.75) is 25.8 Å². The monoisotopic (exact) mass is 217 g/mol. The summed E-state index contributed by atoms with van der Waals surface area (Å²) >= 11 is 3.39. The Bertz CT molecular complexity index is 174. The van der Waals surface area contributed by atoms with Crippen LogP contribution in [0.2, 0.25) is 0 Å². The number of unbranched alkanes of at least 4 members (excludes halogenated alkanes) is 2. The number of hydrogen-bond acceptors (Lipinski definition) is 2. The summed E-state index contributed by atoms with van der Waals surface area (Å²) < 4.78 is 1.87. The maximum absolute atomic E-state index is 3.87. The summed E-state index contributed by atoms with van der Waals surface area (Å²) in [5.41, 5.74) is 0. The van der Waals surface area contributed by atoms with Crippen molar-refractivity contribution < 1.29 is 0 Å². The standard InChI is InChI=1S/C7H12BrN3/c8-4-2-1-3-6-11-7-5-9-10-11/h5,7H,1-4,6H2. The molecule has 0 spiro atoms. The fourth-order valence-corrected chi connectivity index (χ4v) is 1.29. The molecule has 3 nitrogen and oxygen atoms in total. The van der Waals surface area contributed by atoms with Gasteiger partial charge in [0.2, 0.25) is 0 Å². The van der Waals surface area contributed by atoms with E-state index in [1.165, 1.54) is 19.3 Å². The molecule has 0 N–H and O–H groups in total. The second-order valence-corrected chi connectivity index (χ2v) is 3.21. The van der Waals surface area contributed by atoms with Gasteiger partial charge in [-0.2, -0.15) is 0 Å². The molecule has 1 aromatic rings. The van der Waals surface area contributed by atoms with Gasteiger partial charge in [0.1, 0.15) is 0 Å². The SMILES string of the molecule is BrCCCCCn1ccnn1. The Morgan fingerprint density at radius 1 is 1.27 bits per heavy atom. The van der Waals surface area contributed by atoms with Crippen LogP contribution in [0.3, 0.4) is 0 Å². The van der Waals surface area contributed by atoms with E-state index in [1.807, 2.05) is 10.9 Å². The molecule has 0 saturated heterocycles. The second kappa shape index (κ2) is 5.29. The van der Waals surface area contributed by atoms with Crippen molar-refractivity contribution in [3.63, 3.8) is 0 Å². The number of rotatable bonds is 5. The fraction of sp³-hybridized carbons (Fsp3) is 0.714. The highest BCUT2D eigenvalue weighted by Gasteiger charge is 1.90. The van der Waals surface area contributed by atoms with Crippen LogP contribution in [-0.4, -0.2) is 20.3 Å². The summed E-state index contributed by atoms with van der Waals surface area (Å²) in [4.78, 5) is 0. The zero-order valence-corrected chi connectivity index (χ0v) is 8.00. The topological polar surface area (TPSA) is 30.7 Å². The molecule has 1 aromatic heterocycles. The summed E-state index contributed by atoms with van der Waals surface area (Å²) in [6.45, 7) is 0.993. The lowest BCUT2D eigenvalue weighted by atomic mass is 10.2. The number of aryl methyl sites for hydroxylation is 1. The second-order valence-electron chi connectivity index (χ2n) is 2.42. The van der Waals surface area contributed by atoms with Gasteiger partial charge in [-0.3, -0.25) is 4.68 Å². The van der Waals surface area contributed by atoms with Crippen molar-refractivity contribution in [3.8, 4) is 0 Å². The van der Waals surface area contributed by atoms with Gasteiger partial charge in [-0.25, -0.2) is 0 Å². The predicted octanol–water partition coefficient (Wildman–Crippen LogP) is 1.84. The fourth-order valence-electron chi connectivity index (χ4n) is 0.897. The minimum atomic E-state index is 0.993. The summed E-state index contributed by atoms with van der Waals surface area (Å²) in [6, 6.07) is 0. The van der Waals surface area contributed by atoms with Gasteiger partial charge < -0.3 is 0 Å². The quantitative estimate of drug-likeness (QED) is 0.557. The molecule has 0 aliphatic heterocycles. The molecular formula is C7H12BrN3. The van der Waals surface area contributed by atoms with Crippen LogP contribution >= 0.6 is 15.9 Å². The Balaban J connectivity index is 2.04. The molecule has 0 amide bonds. The predicted molar refractivity (Wildman–Crippen MR) is 47.7 cm³/mol. The van der Waals surface area contributed by atoms with E-state index in [9.17, 15) is 0 Å². The van der Waals surface area contributed by atoms with Crippen LogP contribution in [0.25, 0.3) is 0 Å². The molecule has 4 heteroatoms. The highest BCUT2D eigenvalue weighted by Crippen LogP contribution is 1.99. The van der Waals surface area contributed by atoms with Crippen molar-refractivity contribution in [1.29, 1.82) is 0 Å². The number of halogens is 1. The summed E-state index contributed by atoms with van der Waals surface area (Å²) in [5.74, 6) is 0. The molecule has 0 aliphatic rings. The van der Waals surface area contributed by atoms with Gasteiger partial charge in [0, 0.05) is 18.1 Å². The summed E-state index contributed by atoms with van der Waals surface area (Å²) in [5, 5.41) is 8.70. The molecule has 1 rings (SSSR count). The third-order valence-corrected chi connectivity index (χ3v) is 2.05. The first kappa shape index (κ1) is 8.71. The summed E-state index contributed by atoms with van der Waals surface area (Å²) in [7, 11) is 0. The summed E-state index contributed by atoms with van der Waals surface area (Å²) in [6.07, 6.45) is 7.30. The molecular weight excluding hydrogens is 206 g/mol. The Hall–Kier alpha value is -0.380.